The van der Waals surface area contributed by atoms with Crippen molar-refractivity contribution in [2.45, 2.75) is 32.1 Å². The molecule has 164 valence electrons. The van der Waals surface area contributed by atoms with Gasteiger partial charge in [0.15, 0.2) is 11.5 Å². The molecule has 3 aromatic rings. The number of aromatic nitrogens is 2. The predicted octanol–water partition coefficient (Wildman–Crippen LogP) is 4.83. The van der Waals surface area contributed by atoms with E-state index >= 15 is 0 Å². The normalized spacial score (nSPS) is 21.1. The Hall–Kier alpha value is -2.32. The molecule has 1 aliphatic rings. The standard InChI is InChI=1S/C22H24Cl2N4O3/c1-12-13(2)31-15(9-25-12)10-30-21-8-19-16(7-20(21)29-3)22(27-11-26-19)28-14-4-5-17(23)18(24)6-14/h4-8,11-13,15,25H,9-10H2,1-3H3,(H,26,27,28)/t12?,13-,15?/m0/s1. The minimum atomic E-state index is -0.0381. The van der Waals surface area contributed by atoms with Crippen LogP contribution in [-0.4, -0.2) is 48.5 Å². The average Bonchev–Trinajstić information content (AvgIpc) is 2.76. The lowest BCUT2D eigenvalue weighted by Gasteiger charge is -2.33. The lowest BCUT2D eigenvalue weighted by Crippen LogP contribution is -2.51. The zero-order valence-electron chi connectivity index (χ0n) is 17.5. The van der Waals surface area contributed by atoms with Gasteiger partial charge in [-0.25, -0.2) is 9.97 Å². The topological polar surface area (TPSA) is 77.5 Å². The van der Waals surface area contributed by atoms with Crippen molar-refractivity contribution < 1.29 is 14.2 Å². The average molecular weight is 463 g/mol. The fourth-order valence-electron chi connectivity index (χ4n) is 3.38. The number of benzene rings is 2. The highest BCUT2D eigenvalue weighted by atomic mass is 35.5. The zero-order chi connectivity index (χ0) is 22.0. The molecule has 3 atom stereocenters. The van der Waals surface area contributed by atoms with Gasteiger partial charge in [-0.2, -0.15) is 0 Å². The van der Waals surface area contributed by atoms with E-state index in [-0.39, 0.29) is 12.2 Å². The number of methoxy groups -OCH3 is 1. The van der Waals surface area contributed by atoms with Crippen LogP contribution in [0.1, 0.15) is 13.8 Å². The molecule has 0 bridgehead atoms. The molecule has 1 saturated heterocycles. The van der Waals surface area contributed by atoms with Crippen molar-refractivity contribution in [2.24, 2.45) is 0 Å². The van der Waals surface area contributed by atoms with E-state index in [4.69, 9.17) is 37.4 Å². The van der Waals surface area contributed by atoms with Crippen molar-refractivity contribution >= 4 is 45.6 Å². The van der Waals surface area contributed by atoms with E-state index in [1.54, 1.807) is 19.2 Å². The van der Waals surface area contributed by atoms with Crippen LogP contribution in [0.15, 0.2) is 36.7 Å². The Morgan fingerprint density at radius 3 is 2.71 bits per heavy atom. The van der Waals surface area contributed by atoms with Crippen LogP contribution in [0.25, 0.3) is 10.9 Å². The first-order valence-electron chi connectivity index (χ1n) is 10.0. The summed E-state index contributed by atoms with van der Waals surface area (Å²) in [5, 5.41) is 8.43. The molecule has 2 unspecified atom stereocenters. The number of nitrogens with one attached hydrogen (secondary N) is 2. The number of rotatable bonds is 6. The third-order valence-electron chi connectivity index (χ3n) is 5.31. The van der Waals surface area contributed by atoms with Crippen LogP contribution < -0.4 is 20.1 Å². The Balaban J connectivity index is 1.57. The molecule has 0 aliphatic carbocycles. The number of ether oxygens (including phenoxy) is 3. The van der Waals surface area contributed by atoms with Gasteiger partial charge in [0.25, 0.3) is 0 Å². The zero-order valence-corrected chi connectivity index (χ0v) is 19.0. The lowest BCUT2D eigenvalue weighted by atomic mass is 10.1. The molecule has 1 aromatic heterocycles. The number of hydrogen-bond donors (Lipinski definition) is 2. The van der Waals surface area contributed by atoms with E-state index in [2.05, 4.69) is 34.4 Å². The van der Waals surface area contributed by atoms with E-state index in [1.165, 1.54) is 6.33 Å². The van der Waals surface area contributed by atoms with Gasteiger partial charge >= 0.3 is 0 Å². The monoisotopic (exact) mass is 462 g/mol. The van der Waals surface area contributed by atoms with Crippen molar-refractivity contribution in [3.63, 3.8) is 0 Å². The summed E-state index contributed by atoms with van der Waals surface area (Å²) in [6, 6.07) is 9.33. The number of anilines is 2. The number of nitrogens with zero attached hydrogens (tertiary/aromatic N) is 2. The van der Waals surface area contributed by atoms with Crippen LogP contribution in [0.4, 0.5) is 11.5 Å². The first-order valence-corrected chi connectivity index (χ1v) is 10.8. The summed E-state index contributed by atoms with van der Waals surface area (Å²) in [5.41, 5.74) is 1.48. The lowest BCUT2D eigenvalue weighted by molar-refractivity contribution is -0.0663. The van der Waals surface area contributed by atoms with Crippen molar-refractivity contribution in [1.82, 2.24) is 15.3 Å². The molecular weight excluding hydrogens is 439 g/mol. The summed E-state index contributed by atoms with van der Waals surface area (Å²) in [7, 11) is 1.60. The van der Waals surface area contributed by atoms with Gasteiger partial charge in [0.2, 0.25) is 0 Å². The highest BCUT2D eigenvalue weighted by Crippen LogP contribution is 2.35. The van der Waals surface area contributed by atoms with Gasteiger partial charge in [0.1, 0.15) is 24.9 Å². The van der Waals surface area contributed by atoms with Crippen molar-refractivity contribution in [3.8, 4) is 11.5 Å². The molecule has 31 heavy (non-hydrogen) atoms. The predicted molar refractivity (Wildman–Crippen MR) is 123 cm³/mol. The molecule has 7 nitrogen and oxygen atoms in total. The van der Waals surface area contributed by atoms with E-state index in [0.717, 1.165) is 23.1 Å². The fourth-order valence-corrected chi connectivity index (χ4v) is 3.68. The van der Waals surface area contributed by atoms with Crippen LogP contribution >= 0.6 is 23.2 Å². The van der Waals surface area contributed by atoms with Gasteiger partial charge in [-0.1, -0.05) is 23.2 Å². The van der Waals surface area contributed by atoms with Crippen molar-refractivity contribution in [2.75, 3.05) is 25.6 Å². The maximum Gasteiger partial charge on any atom is 0.163 e. The molecule has 9 heteroatoms. The molecule has 2 N–H and O–H groups in total. The smallest absolute Gasteiger partial charge is 0.163 e. The fraction of sp³-hybridized carbons (Fsp3) is 0.364. The first kappa shape index (κ1) is 21.9. The van der Waals surface area contributed by atoms with Gasteiger partial charge in [-0.3, -0.25) is 0 Å². The second-order valence-electron chi connectivity index (χ2n) is 7.47. The number of hydrogen-bond acceptors (Lipinski definition) is 7. The molecule has 2 aromatic carbocycles. The SMILES string of the molecule is COc1cc2c(Nc3ccc(Cl)c(Cl)c3)ncnc2cc1OCC1CNC(C)[C@H](C)O1. The highest BCUT2D eigenvalue weighted by molar-refractivity contribution is 6.42. The number of fused-ring (bicyclic) bond motifs is 1. The van der Waals surface area contributed by atoms with Crippen LogP contribution in [0.2, 0.25) is 10.0 Å². The van der Waals surface area contributed by atoms with E-state index in [0.29, 0.717) is 40.0 Å². The second-order valence-corrected chi connectivity index (χ2v) is 8.28. The molecule has 0 spiro atoms. The molecule has 1 fully saturated rings. The second kappa shape index (κ2) is 9.44. The Labute approximate surface area is 191 Å². The van der Waals surface area contributed by atoms with Gasteiger partial charge < -0.3 is 24.8 Å². The molecule has 0 amide bonds. The Kier molecular flexibility index (Phi) is 6.67. The van der Waals surface area contributed by atoms with Crippen molar-refractivity contribution in [3.05, 3.63) is 46.7 Å². The molecular formula is C22H24Cl2N4O3. The molecule has 1 aliphatic heterocycles. The quantitative estimate of drug-likeness (QED) is 0.542. The minimum Gasteiger partial charge on any atom is -0.493 e. The summed E-state index contributed by atoms with van der Waals surface area (Å²) in [6.07, 6.45) is 1.59. The Morgan fingerprint density at radius 1 is 1.13 bits per heavy atom. The minimum absolute atomic E-state index is 0.0381. The molecule has 0 radical (unpaired) electrons. The molecule has 2 heterocycles. The van der Waals surface area contributed by atoms with Crippen LogP contribution in [0, 0.1) is 0 Å². The third kappa shape index (κ3) is 4.96. The molecule has 0 saturated carbocycles. The summed E-state index contributed by atoms with van der Waals surface area (Å²) >= 11 is 12.1. The van der Waals surface area contributed by atoms with Gasteiger partial charge in [0.05, 0.1) is 28.8 Å². The Bertz CT molecular complexity index is 1080. The third-order valence-corrected chi connectivity index (χ3v) is 6.05. The van der Waals surface area contributed by atoms with E-state index < -0.39 is 0 Å². The van der Waals surface area contributed by atoms with E-state index in [9.17, 15) is 0 Å². The van der Waals surface area contributed by atoms with Gasteiger partial charge in [-0.05, 0) is 38.1 Å². The van der Waals surface area contributed by atoms with Crippen LogP contribution in [-0.2, 0) is 4.74 Å². The molecule has 4 rings (SSSR count). The largest absolute Gasteiger partial charge is 0.493 e. The van der Waals surface area contributed by atoms with Gasteiger partial charge in [0, 0.05) is 29.7 Å². The van der Waals surface area contributed by atoms with Crippen LogP contribution in [0.5, 0.6) is 11.5 Å². The summed E-state index contributed by atoms with van der Waals surface area (Å²) in [5.74, 6) is 1.81. The van der Waals surface area contributed by atoms with Crippen LogP contribution in [0.3, 0.4) is 0 Å². The first-order chi connectivity index (χ1) is 14.9. The summed E-state index contributed by atoms with van der Waals surface area (Å²) in [6.45, 7) is 5.31. The maximum atomic E-state index is 6.13. The maximum absolute atomic E-state index is 6.13. The highest BCUT2D eigenvalue weighted by Gasteiger charge is 2.25. The number of morpholine rings is 1. The van der Waals surface area contributed by atoms with E-state index in [1.807, 2.05) is 18.2 Å². The van der Waals surface area contributed by atoms with Gasteiger partial charge in [-0.15, -0.1) is 0 Å². The summed E-state index contributed by atoms with van der Waals surface area (Å²) in [4.78, 5) is 8.76. The summed E-state index contributed by atoms with van der Waals surface area (Å²) < 4.78 is 17.6. The van der Waals surface area contributed by atoms with Crippen molar-refractivity contribution in [1.29, 1.82) is 0 Å². The Morgan fingerprint density at radius 2 is 1.97 bits per heavy atom. The number of halogens is 2.